The summed E-state index contributed by atoms with van der Waals surface area (Å²) in [6.45, 7) is 1.66. The number of carbonyl (C=O) groups excluding carboxylic acids is 1. The Bertz CT molecular complexity index is 1250. The van der Waals surface area contributed by atoms with Crippen LogP contribution in [-0.2, 0) is 26.3 Å². The fourth-order valence-corrected chi connectivity index (χ4v) is 5.44. The Kier molecular flexibility index (Phi) is 4.14. The Morgan fingerprint density at radius 1 is 1.06 bits per heavy atom. The summed E-state index contributed by atoms with van der Waals surface area (Å²) in [7, 11) is 5.39. The Morgan fingerprint density at radius 2 is 1.81 bits per heavy atom. The number of nitrogens with one attached hydrogen (secondary N) is 2. The summed E-state index contributed by atoms with van der Waals surface area (Å²) < 4.78 is 13.1. The molecule has 6 rings (SSSR count). The van der Waals surface area contributed by atoms with Crippen LogP contribution in [0.5, 0.6) is 11.5 Å². The number of benzene rings is 1. The van der Waals surface area contributed by atoms with Crippen molar-refractivity contribution in [1.82, 2.24) is 20.2 Å². The normalized spacial score (nSPS) is 17.7. The predicted octanol–water partition coefficient (Wildman–Crippen LogP) is 2.50. The molecule has 4 heterocycles. The number of fused-ring (bicyclic) bond motifs is 5. The topological polar surface area (TPSA) is 77.4 Å². The molecule has 0 saturated carbocycles. The van der Waals surface area contributed by atoms with E-state index in [1.807, 2.05) is 24.4 Å². The van der Waals surface area contributed by atoms with Gasteiger partial charge in [-0.3, -0.25) is 9.78 Å². The monoisotopic (exact) mass is 430 g/mol. The van der Waals surface area contributed by atoms with E-state index in [0.717, 1.165) is 83.2 Å². The van der Waals surface area contributed by atoms with Crippen LogP contribution in [0.3, 0.4) is 0 Å². The fourth-order valence-electron chi connectivity index (χ4n) is 5.44. The number of methoxy groups -OCH3 is 2. The first-order valence-corrected chi connectivity index (χ1v) is 11.0. The quantitative estimate of drug-likeness (QED) is 0.668. The maximum atomic E-state index is 13.1. The van der Waals surface area contributed by atoms with Crippen LogP contribution in [0.4, 0.5) is 0 Å². The van der Waals surface area contributed by atoms with Gasteiger partial charge in [0, 0.05) is 55.6 Å². The Balaban J connectivity index is 1.50. The first-order chi connectivity index (χ1) is 15.5. The summed E-state index contributed by atoms with van der Waals surface area (Å²) in [6, 6.07) is 7.94. The molecule has 1 spiro atoms. The molecule has 3 aliphatic rings. The van der Waals surface area contributed by atoms with Gasteiger partial charge in [0.15, 0.2) is 0 Å². The van der Waals surface area contributed by atoms with Crippen molar-refractivity contribution in [1.29, 1.82) is 0 Å². The van der Waals surface area contributed by atoms with Gasteiger partial charge in [-0.05, 0) is 42.2 Å². The van der Waals surface area contributed by atoms with Gasteiger partial charge in [-0.15, -0.1) is 0 Å². The van der Waals surface area contributed by atoms with Gasteiger partial charge in [0.25, 0.3) is 5.91 Å². The first-order valence-electron chi connectivity index (χ1n) is 11.0. The highest BCUT2D eigenvalue weighted by atomic mass is 16.5. The molecule has 1 fully saturated rings. The van der Waals surface area contributed by atoms with E-state index in [2.05, 4.69) is 28.3 Å². The van der Waals surface area contributed by atoms with Gasteiger partial charge in [-0.1, -0.05) is 0 Å². The van der Waals surface area contributed by atoms with E-state index in [1.54, 1.807) is 14.2 Å². The van der Waals surface area contributed by atoms with E-state index in [0.29, 0.717) is 0 Å². The van der Waals surface area contributed by atoms with Crippen LogP contribution in [0, 0.1) is 0 Å². The van der Waals surface area contributed by atoms with Gasteiger partial charge >= 0.3 is 0 Å². The SMILES string of the molecule is COc1cc(OC)cc(-c2cc3c(cn2)CCc2c4c(n(C)c2-3)CC2(CNC2)NC4=O)c1. The summed E-state index contributed by atoms with van der Waals surface area (Å²) >= 11 is 0. The Labute approximate surface area is 186 Å². The number of ether oxygens (including phenoxy) is 2. The molecule has 0 radical (unpaired) electrons. The highest BCUT2D eigenvalue weighted by molar-refractivity contribution is 6.01. The lowest BCUT2D eigenvalue weighted by Gasteiger charge is -2.45. The molecule has 0 unspecified atom stereocenters. The van der Waals surface area contributed by atoms with E-state index in [9.17, 15) is 4.79 Å². The fraction of sp³-hybridized carbons (Fsp3) is 0.360. The predicted molar refractivity (Wildman–Crippen MR) is 121 cm³/mol. The van der Waals surface area contributed by atoms with Crippen LogP contribution in [-0.4, -0.2) is 48.3 Å². The molecule has 0 atom stereocenters. The summed E-state index contributed by atoms with van der Waals surface area (Å²) in [4.78, 5) is 17.9. The van der Waals surface area contributed by atoms with Gasteiger partial charge in [0.05, 0.1) is 36.7 Å². The van der Waals surface area contributed by atoms with Gasteiger partial charge in [-0.25, -0.2) is 0 Å². The van der Waals surface area contributed by atoms with E-state index in [1.165, 1.54) is 5.56 Å². The Hall–Kier alpha value is -3.32. The number of nitrogens with zero attached hydrogens (tertiary/aromatic N) is 2. The minimum absolute atomic E-state index is 0.0693. The van der Waals surface area contributed by atoms with Crippen molar-refractivity contribution in [3.8, 4) is 34.0 Å². The first kappa shape index (κ1) is 19.4. The Morgan fingerprint density at radius 3 is 2.47 bits per heavy atom. The molecule has 7 nitrogen and oxygen atoms in total. The van der Waals surface area contributed by atoms with E-state index >= 15 is 0 Å². The zero-order valence-corrected chi connectivity index (χ0v) is 18.5. The number of hydrogen-bond donors (Lipinski definition) is 2. The van der Waals surface area contributed by atoms with Crippen LogP contribution in [0.15, 0.2) is 30.5 Å². The number of hydrogen-bond acceptors (Lipinski definition) is 5. The average molecular weight is 431 g/mol. The van der Waals surface area contributed by atoms with Crippen molar-refractivity contribution in [2.24, 2.45) is 7.05 Å². The summed E-state index contributed by atoms with van der Waals surface area (Å²) in [5, 5.41) is 6.59. The second-order valence-electron chi connectivity index (χ2n) is 9.05. The molecule has 7 heteroatoms. The van der Waals surface area contributed by atoms with Gasteiger partial charge in [0.2, 0.25) is 0 Å². The van der Waals surface area contributed by atoms with E-state index < -0.39 is 0 Å². The van der Waals surface area contributed by atoms with Crippen molar-refractivity contribution in [3.05, 3.63) is 52.8 Å². The number of aryl methyl sites for hydroxylation is 1. The van der Waals surface area contributed by atoms with Gasteiger partial charge in [0.1, 0.15) is 11.5 Å². The smallest absolute Gasteiger partial charge is 0.253 e. The highest BCUT2D eigenvalue weighted by Gasteiger charge is 2.46. The molecule has 1 amide bonds. The number of aromatic nitrogens is 2. The number of carbonyl (C=O) groups is 1. The molecule has 1 aromatic carbocycles. The number of amides is 1. The third-order valence-electron chi connectivity index (χ3n) is 7.19. The number of rotatable bonds is 3. The minimum Gasteiger partial charge on any atom is -0.497 e. The van der Waals surface area contributed by atoms with Crippen molar-refractivity contribution in [3.63, 3.8) is 0 Å². The van der Waals surface area contributed by atoms with E-state index in [4.69, 9.17) is 14.5 Å². The van der Waals surface area contributed by atoms with Crippen LogP contribution < -0.4 is 20.1 Å². The molecule has 164 valence electrons. The molecule has 3 aromatic rings. The molecular weight excluding hydrogens is 404 g/mol. The number of pyridine rings is 1. The molecule has 1 saturated heterocycles. The second kappa shape index (κ2) is 6.84. The maximum absolute atomic E-state index is 13.1. The van der Waals surface area contributed by atoms with Crippen LogP contribution >= 0.6 is 0 Å². The molecule has 2 aliphatic heterocycles. The maximum Gasteiger partial charge on any atom is 0.253 e. The van der Waals surface area contributed by atoms with Gasteiger partial charge < -0.3 is 24.7 Å². The average Bonchev–Trinajstić information content (AvgIpc) is 3.09. The van der Waals surface area contributed by atoms with Crippen LogP contribution in [0.1, 0.15) is 27.2 Å². The molecule has 32 heavy (non-hydrogen) atoms. The lowest BCUT2D eigenvalue weighted by atomic mass is 9.81. The third kappa shape index (κ3) is 2.70. The molecular formula is C25H26N4O3. The lowest BCUT2D eigenvalue weighted by Crippen LogP contribution is -2.71. The van der Waals surface area contributed by atoms with Gasteiger partial charge in [-0.2, -0.15) is 0 Å². The van der Waals surface area contributed by atoms with Crippen molar-refractivity contribution in [2.45, 2.75) is 24.8 Å². The lowest BCUT2D eigenvalue weighted by molar-refractivity contribution is 0.0824. The van der Waals surface area contributed by atoms with E-state index in [-0.39, 0.29) is 11.4 Å². The van der Waals surface area contributed by atoms with Crippen LogP contribution in [0.25, 0.3) is 22.5 Å². The zero-order chi connectivity index (χ0) is 22.0. The standard InChI is InChI=1S/C25H26N4O3/c1-29-21-10-25(12-26-13-25)28-24(30)22(21)18-5-4-14-11-27-20(9-19(14)23(18)29)15-6-16(31-2)8-17(7-15)32-3/h6-9,11,26H,4-5,10,12-13H2,1-3H3,(H,28,30). The third-order valence-corrected chi connectivity index (χ3v) is 7.19. The summed E-state index contributed by atoms with van der Waals surface area (Å²) in [6.07, 6.45) is 4.58. The van der Waals surface area contributed by atoms with Crippen molar-refractivity contribution < 1.29 is 14.3 Å². The molecule has 0 bridgehead atoms. The van der Waals surface area contributed by atoms with Crippen molar-refractivity contribution in [2.75, 3.05) is 27.3 Å². The zero-order valence-electron chi connectivity index (χ0n) is 18.5. The summed E-state index contributed by atoms with van der Waals surface area (Å²) in [5.74, 6) is 1.52. The molecule has 2 aromatic heterocycles. The highest BCUT2D eigenvalue weighted by Crippen LogP contribution is 2.42. The summed E-state index contributed by atoms with van der Waals surface area (Å²) in [5.41, 5.74) is 8.37. The minimum atomic E-state index is -0.137. The second-order valence-corrected chi connectivity index (χ2v) is 9.05. The largest absolute Gasteiger partial charge is 0.497 e. The van der Waals surface area contributed by atoms with Crippen LogP contribution in [0.2, 0.25) is 0 Å². The molecule has 2 N–H and O–H groups in total. The molecule has 1 aliphatic carbocycles. The van der Waals surface area contributed by atoms with Crippen molar-refractivity contribution >= 4 is 5.91 Å².